The van der Waals surface area contributed by atoms with Crippen molar-refractivity contribution in [2.45, 2.75) is 65.2 Å². The van der Waals surface area contributed by atoms with Crippen LogP contribution in [0.15, 0.2) is 211 Å². The first-order chi connectivity index (χ1) is 34.4. The summed E-state index contributed by atoms with van der Waals surface area (Å²) in [4.78, 5) is 3.41. The summed E-state index contributed by atoms with van der Waals surface area (Å²) in [5.74, 6) is 0.594. The van der Waals surface area contributed by atoms with Crippen molar-refractivity contribution >= 4 is 43.9 Å². The average molecular weight is 901 g/mol. The Morgan fingerprint density at radius 1 is 0.443 bits per heavy atom. The number of allylic oxidation sites excluding steroid dienone is 8. The van der Waals surface area contributed by atoms with Gasteiger partial charge in [-0.15, -0.1) is 0 Å². The van der Waals surface area contributed by atoms with E-state index < -0.39 is 0 Å². The molecule has 0 spiro atoms. The standard InChI is InChI=1S/C56H41N.C12H15N/c1-2-10-36(11-3-1)37-14-8-15-38(28-37)39-16-9-17-48(33-39)57-55-26-22-42(40-20-24-51-46(29-40)31-44-12-4-6-18-49(44)51)34-53(55)54-35-43(23-27-56(54)57)41-21-25-52-47(30-41)32-45-13-5-7-19-50(45)52;1-8(2)12-9(3)13-11-7-5-4-6-10(11)12/h1-3,6-11,14-30,33-35H,4-5,12-13,31-32H2;4-8,13H,1-3H3. The third-order valence-corrected chi connectivity index (χ3v) is 15.5. The monoisotopic (exact) mass is 900 g/mol. The van der Waals surface area contributed by atoms with Crippen molar-refractivity contribution in [3.63, 3.8) is 0 Å². The van der Waals surface area contributed by atoms with Crippen LogP contribution in [-0.4, -0.2) is 9.55 Å². The fraction of sp³-hybridized carbons (Fsp3) is 0.147. The van der Waals surface area contributed by atoms with Crippen molar-refractivity contribution in [3.8, 4) is 50.2 Å². The fourth-order valence-corrected chi connectivity index (χ4v) is 12.2. The van der Waals surface area contributed by atoms with Gasteiger partial charge < -0.3 is 9.55 Å². The maximum Gasteiger partial charge on any atom is 0.0541 e. The minimum absolute atomic E-state index is 0.594. The average Bonchev–Trinajstić information content (AvgIpc) is 4.16. The molecule has 0 bridgehead atoms. The zero-order valence-electron chi connectivity index (χ0n) is 40.3. The molecule has 0 saturated heterocycles. The van der Waals surface area contributed by atoms with E-state index in [-0.39, 0.29) is 0 Å². The molecule has 2 heteroatoms. The lowest BCUT2D eigenvalue weighted by Gasteiger charge is -2.12. The van der Waals surface area contributed by atoms with E-state index in [9.17, 15) is 0 Å². The minimum Gasteiger partial charge on any atom is -0.358 e. The molecule has 14 rings (SSSR count). The van der Waals surface area contributed by atoms with Gasteiger partial charge in [-0.25, -0.2) is 0 Å². The molecule has 4 aliphatic carbocycles. The van der Waals surface area contributed by atoms with Crippen LogP contribution in [-0.2, 0) is 12.8 Å². The number of hydrogen-bond acceptors (Lipinski definition) is 0. The number of aryl methyl sites for hydroxylation is 1. The first-order valence-electron chi connectivity index (χ1n) is 25.4. The van der Waals surface area contributed by atoms with Gasteiger partial charge in [0.05, 0.1) is 11.0 Å². The minimum atomic E-state index is 0.594. The van der Waals surface area contributed by atoms with Gasteiger partial charge in [0, 0.05) is 33.1 Å². The van der Waals surface area contributed by atoms with Crippen LogP contribution < -0.4 is 0 Å². The zero-order chi connectivity index (χ0) is 46.9. The molecule has 0 atom stereocenters. The second-order valence-electron chi connectivity index (χ2n) is 20.2. The van der Waals surface area contributed by atoms with Gasteiger partial charge in [-0.2, -0.15) is 0 Å². The third-order valence-electron chi connectivity index (χ3n) is 15.5. The van der Waals surface area contributed by atoms with Gasteiger partial charge in [-0.3, -0.25) is 0 Å². The maximum atomic E-state index is 3.41. The van der Waals surface area contributed by atoms with Crippen LogP contribution >= 0.6 is 0 Å². The quantitative estimate of drug-likeness (QED) is 0.172. The molecular formula is C68H56N2. The van der Waals surface area contributed by atoms with Gasteiger partial charge in [0.25, 0.3) is 0 Å². The van der Waals surface area contributed by atoms with E-state index in [2.05, 4.69) is 231 Å². The number of nitrogens with zero attached hydrogens (tertiary/aromatic N) is 1. The number of benzene rings is 8. The molecule has 0 fully saturated rings. The van der Waals surface area contributed by atoms with Crippen LogP contribution in [0.1, 0.15) is 79.0 Å². The first kappa shape index (κ1) is 42.2. The third kappa shape index (κ3) is 7.33. The first-order valence-corrected chi connectivity index (χ1v) is 25.4. The van der Waals surface area contributed by atoms with Gasteiger partial charge >= 0.3 is 0 Å². The Balaban J connectivity index is 0.000000321. The smallest absolute Gasteiger partial charge is 0.0541 e. The summed E-state index contributed by atoms with van der Waals surface area (Å²) in [7, 11) is 0. The Hall–Kier alpha value is -7.94. The number of para-hydroxylation sites is 1. The Morgan fingerprint density at radius 2 is 0.943 bits per heavy atom. The molecule has 0 radical (unpaired) electrons. The number of aromatic nitrogens is 2. The normalized spacial score (nSPS) is 14.6. The molecule has 0 saturated carbocycles. The van der Waals surface area contributed by atoms with Crippen molar-refractivity contribution < 1.29 is 0 Å². The van der Waals surface area contributed by atoms with E-state index in [0.29, 0.717) is 5.92 Å². The lowest BCUT2D eigenvalue weighted by molar-refractivity contribution is 0.864. The Kier molecular flexibility index (Phi) is 10.4. The fourth-order valence-electron chi connectivity index (χ4n) is 12.2. The Labute approximate surface area is 411 Å². The number of nitrogens with one attached hydrogen (secondary N) is 1. The molecular weight excluding hydrogens is 845 g/mol. The summed E-state index contributed by atoms with van der Waals surface area (Å²) >= 11 is 0. The summed E-state index contributed by atoms with van der Waals surface area (Å²) in [5.41, 5.74) is 29.5. The van der Waals surface area contributed by atoms with Crippen molar-refractivity contribution in [1.82, 2.24) is 9.55 Å². The highest BCUT2D eigenvalue weighted by Gasteiger charge is 2.24. The molecule has 2 nitrogen and oxygen atoms in total. The molecule has 0 aliphatic heterocycles. The molecule has 0 unspecified atom stereocenters. The number of fused-ring (bicyclic) bond motifs is 8. The molecule has 2 heterocycles. The van der Waals surface area contributed by atoms with Crippen LogP contribution in [0, 0.1) is 6.92 Å². The summed E-state index contributed by atoms with van der Waals surface area (Å²) < 4.78 is 2.47. The summed E-state index contributed by atoms with van der Waals surface area (Å²) in [6, 6.07) is 65.7. The zero-order valence-corrected chi connectivity index (χ0v) is 40.3. The lowest BCUT2D eigenvalue weighted by atomic mass is 9.95. The second-order valence-corrected chi connectivity index (χ2v) is 20.2. The van der Waals surface area contributed by atoms with Crippen LogP contribution in [0.25, 0.3) is 94.0 Å². The second kappa shape index (κ2) is 17.2. The van der Waals surface area contributed by atoms with Crippen LogP contribution in [0.2, 0.25) is 0 Å². The van der Waals surface area contributed by atoms with Crippen molar-refractivity contribution in [3.05, 3.63) is 245 Å². The molecule has 10 aromatic rings. The number of aromatic amines is 1. The van der Waals surface area contributed by atoms with E-state index in [1.807, 2.05) is 0 Å². The Bertz CT molecular complexity index is 3710. The lowest BCUT2D eigenvalue weighted by Crippen LogP contribution is -1.94. The molecule has 8 aromatic carbocycles. The van der Waals surface area contributed by atoms with Crippen molar-refractivity contribution in [2.24, 2.45) is 0 Å². The Morgan fingerprint density at radius 3 is 1.56 bits per heavy atom. The van der Waals surface area contributed by atoms with Crippen LogP contribution in [0.3, 0.4) is 0 Å². The summed E-state index contributed by atoms with van der Waals surface area (Å²) in [5, 5.41) is 3.94. The maximum absolute atomic E-state index is 3.41. The predicted octanol–water partition coefficient (Wildman–Crippen LogP) is 18.4. The van der Waals surface area contributed by atoms with E-state index in [1.54, 1.807) is 11.1 Å². The number of hydrogen-bond donors (Lipinski definition) is 1. The topological polar surface area (TPSA) is 20.7 Å². The van der Waals surface area contributed by atoms with E-state index in [4.69, 9.17) is 0 Å². The molecule has 338 valence electrons. The predicted molar refractivity (Wildman–Crippen MR) is 298 cm³/mol. The van der Waals surface area contributed by atoms with Crippen LogP contribution in [0.4, 0.5) is 0 Å². The SMILES string of the molecule is C1=CC2=C(CC1)Cc1cc(-c3ccc4c(c3)c3cc(-c5ccc6c(c5)CC5=C6C=CCC5)ccc3n4-c3cccc(-c4cccc(-c5ccccc5)c4)c3)ccc12.Cc1[nH]c2ccccc2c1C(C)C. The van der Waals surface area contributed by atoms with E-state index >= 15 is 0 Å². The van der Waals surface area contributed by atoms with Crippen LogP contribution in [0.5, 0.6) is 0 Å². The van der Waals surface area contributed by atoms with E-state index in [1.165, 1.54) is 140 Å². The van der Waals surface area contributed by atoms with Gasteiger partial charge in [-0.1, -0.05) is 177 Å². The molecule has 4 aliphatic rings. The largest absolute Gasteiger partial charge is 0.358 e. The van der Waals surface area contributed by atoms with Gasteiger partial charge in [0.15, 0.2) is 0 Å². The summed E-state index contributed by atoms with van der Waals surface area (Å²) in [6.07, 6.45) is 16.2. The molecule has 70 heavy (non-hydrogen) atoms. The highest BCUT2D eigenvalue weighted by Crippen LogP contribution is 2.44. The van der Waals surface area contributed by atoms with Crippen molar-refractivity contribution in [2.75, 3.05) is 0 Å². The number of H-pyrrole nitrogens is 1. The van der Waals surface area contributed by atoms with Gasteiger partial charge in [0.2, 0.25) is 0 Å². The summed E-state index contributed by atoms with van der Waals surface area (Å²) in [6.45, 7) is 6.63. The molecule has 0 amide bonds. The van der Waals surface area contributed by atoms with Crippen molar-refractivity contribution in [1.29, 1.82) is 0 Å². The van der Waals surface area contributed by atoms with Gasteiger partial charge in [0.1, 0.15) is 0 Å². The highest BCUT2D eigenvalue weighted by molar-refractivity contribution is 6.12. The highest BCUT2D eigenvalue weighted by atomic mass is 15.0. The van der Waals surface area contributed by atoms with E-state index in [0.717, 1.165) is 25.7 Å². The number of rotatable bonds is 6. The molecule has 2 aromatic heterocycles. The molecule has 1 N–H and O–H groups in total. The van der Waals surface area contributed by atoms with Gasteiger partial charge in [-0.05, 0) is 183 Å².